The highest BCUT2D eigenvalue weighted by Gasteiger charge is 2.12. The van der Waals surface area contributed by atoms with Crippen LogP contribution in [0.25, 0.3) is 32.5 Å². The molecule has 0 spiro atoms. The lowest BCUT2D eigenvalue weighted by Gasteiger charge is -2.04. The van der Waals surface area contributed by atoms with E-state index >= 15 is 0 Å². The fraction of sp³-hybridized carbons (Fsp3) is 0. The Morgan fingerprint density at radius 3 is 2.30 bits per heavy atom. The molecule has 0 bridgehead atoms. The predicted octanol–water partition coefficient (Wildman–Crippen LogP) is 3.90. The van der Waals surface area contributed by atoms with E-state index in [4.69, 9.17) is 5.73 Å². The lowest BCUT2D eigenvalue weighted by molar-refractivity contribution is 1.20. The zero-order chi connectivity index (χ0) is 15.8. The van der Waals surface area contributed by atoms with Crippen LogP contribution >= 0.6 is 11.3 Å². The van der Waals surface area contributed by atoms with Crippen molar-refractivity contribution in [1.82, 2.24) is 9.97 Å². The first kappa shape index (κ1) is 13.7. The molecule has 112 valence electrons. The molecule has 0 atom stereocenters. The number of benzene rings is 2. The van der Waals surface area contributed by atoms with Crippen LogP contribution < -0.4 is 11.3 Å². The van der Waals surface area contributed by atoms with Gasteiger partial charge in [0.15, 0.2) is 0 Å². The van der Waals surface area contributed by atoms with E-state index in [2.05, 4.69) is 34.2 Å². The zero-order valence-electron chi connectivity index (χ0n) is 12.1. The van der Waals surface area contributed by atoms with Crippen molar-refractivity contribution in [2.45, 2.75) is 0 Å². The molecule has 0 fully saturated rings. The van der Waals surface area contributed by atoms with Crippen LogP contribution in [0, 0.1) is 0 Å². The molecular weight excluding hydrogens is 306 g/mol. The van der Waals surface area contributed by atoms with E-state index in [1.54, 1.807) is 0 Å². The van der Waals surface area contributed by atoms with Crippen molar-refractivity contribution in [3.63, 3.8) is 0 Å². The van der Waals surface area contributed by atoms with Crippen molar-refractivity contribution < 1.29 is 0 Å². The van der Waals surface area contributed by atoms with Gasteiger partial charge >= 0.3 is 0 Å². The van der Waals surface area contributed by atoms with E-state index in [1.165, 1.54) is 16.9 Å². The summed E-state index contributed by atoms with van der Waals surface area (Å²) >= 11 is 1.43. The van der Waals surface area contributed by atoms with Crippen LogP contribution in [0.3, 0.4) is 0 Å². The van der Waals surface area contributed by atoms with Gasteiger partial charge in [0, 0.05) is 10.9 Å². The number of fused-ring (bicyclic) bond motifs is 1. The highest BCUT2D eigenvalue weighted by Crippen LogP contribution is 2.32. The minimum atomic E-state index is -0.198. The first-order valence-corrected chi connectivity index (χ1v) is 8.03. The second-order valence-corrected chi connectivity index (χ2v) is 6.08. The first-order valence-electron chi connectivity index (χ1n) is 7.15. The van der Waals surface area contributed by atoms with E-state index in [1.807, 2.05) is 35.7 Å². The summed E-state index contributed by atoms with van der Waals surface area (Å²) in [5.74, 6) is 0.148. The van der Waals surface area contributed by atoms with E-state index in [0.717, 1.165) is 16.7 Å². The third-order valence-corrected chi connectivity index (χ3v) is 4.64. The number of hydrogen-bond donors (Lipinski definition) is 2. The normalized spacial score (nSPS) is 11.0. The van der Waals surface area contributed by atoms with Crippen LogP contribution in [-0.2, 0) is 0 Å². The fourth-order valence-electron chi connectivity index (χ4n) is 2.65. The Kier molecular flexibility index (Phi) is 3.20. The third kappa shape index (κ3) is 2.41. The number of nitrogen functional groups attached to an aromatic ring is 1. The van der Waals surface area contributed by atoms with Crippen LogP contribution in [-0.4, -0.2) is 9.97 Å². The molecule has 0 amide bonds. The summed E-state index contributed by atoms with van der Waals surface area (Å²) in [6, 6.07) is 18.4. The molecule has 0 saturated heterocycles. The predicted molar refractivity (Wildman–Crippen MR) is 95.5 cm³/mol. The number of H-pyrrole nitrogens is 1. The molecule has 4 rings (SSSR count). The number of nitrogens with two attached hydrogens (primary N) is 1. The Labute approximate surface area is 136 Å². The van der Waals surface area contributed by atoms with E-state index in [-0.39, 0.29) is 11.5 Å². The number of hydrogen-bond acceptors (Lipinski definition) is 4. The molecule has 0 saturated carbocycles. The Balaban J connectivity index is 1.82. The molecular formula is C18H13N3OS. The topological polar surface area (TPSA) is 71.8 Å². The number of aromatic nitrogens is 2. The summed E-state index contributed by atoms with van der Waals surface area (Å²) in [7, 11) is 0. The molecule has 0 aliphatic heterocycles. The van der Waals surface area contributed by atoms with Crippen molar-refractivity contribution in [1.29, 1.82) is 0 Å². The van der Waals surface area contributed by atoms with Crippen LogP contribution in [0.4, 0.5) is 5.95 Å². The molecule has 4 aromatic rings. The highest BCUT2D eigenvalue weighted by atomic mass is 32.1. The number of aromatic amines is 1. The molecule has 0 unspecified atom stereocenters. The van der Waals surface area contributed by atoms with E-state index in [0.29, 0.717) is 10.2 Å². The number of nitrogens with zero attached hydrogens (tertiary/aromatic N) is 1. The maximum atomic E-state index is 12.2. The van der Waals surface area contributed by atoms with Crippen LogP contribution in [0.15, 0.2) is 64.8 Å². The van der Waals surface area contributed by atoms with E-state index < -0.39 is 0 Å². The van der Waals surface area contributed by atoms with Gasteiger partial charge in [0.25, 0.3) is 5.56 Å². The van der Waals surface area contributed by atoms with Gasteiger partial charge in [0.1, 0.15) is 4.83 Å². The lowest BCUT2D eigenvalue weighted by Crippen LogP contribution is -2.10. The Hall–Kier alpha value is -2.92. The monoisotopic (exact) mass is 319 g/mol. The number of anilines is 1. The second kappa shape index (κ2) is 5.37. The van der Waals surface area contributed by atoms with Gasteiger partial charge in [-0.2, -0.15) is 0 Å². The average molecular weight is 319 g/mol. The van der Waals surface area contributed by atoms with Crippen LogP contribution in [0.5, 0.6) is 0 Å². The van der Waals surface area contributed by atoms with Crippen molar-refractivity contribution in [3.8, 4) is 22.3 Å². The summed E-state index contributed by atoms with van der Waals surface area (Å²) in [4.78, 5) is 19.6. The number of rotatable bonds is 2. The summed E-state index contributed by atoms with van der Waals surface area (Å²) in [6.45, 7) is 0. The van der Waals surface area contributed by atoms with Gasteiger partial charge in [-0.05, 0) is 16.7 Å². The molecule has 2 aromatic heterocycles. The minimum absolute atomic E-state index is 0.148. The number of nitrogens with one attached hydrogen (secondary N) is 1. The summed E-state index contributed by atoms with van der Waals surface area (Å²) in [5.41, 5.74) is 9.59. The van der Waals surface area contributed by atoms with Crippen LogP contribution in [0.2, 0.25) is 0 Å². The van der Waals surface area contributed by atoms with Gasteiger partial charge in [-0.3, -0.25) is 9.78 Å². The Bertz CT molecular complexity index is 1030. The molecule has 5 heteroatoms. The maximum absolute atomic E-state index is 12.2. The molecule has 3 N–H and O–H groups in total. The molecule has 0 radical (unpaired) electrons. The fourth-order valence-corrected chi connectivity index (χ4v) is 3.61. The van der Waals surface area contributed by atoms with Gasteiger partial charge < -0.3 is 5.73 Å². The van der Waals surface area contributed by atoms with E-state index in [9.17, 15) is 4.79 Å². The first-order chi connectivity index (χ1) is 11.2. The smallest absolute Gasteiger partial charge is 0.261 e. The average Bonchev–Trinajstić information content (AvgIpc) is 3.00. The van der Waals surface area contributed by atoms with Gasteiger partial charge in [0.2, 0.25) is 5.95 Å². The third-order valence-electron chi connectivity index (χ3n) is 3.77. The molecule has 2 aromatic carbocycles. The number of thiophene rings is 1. The van der Waals surface area contributed by atoms with Gasteiger partial charge in [0.05, 0.1) is 5.39 Å². The van der Waals surface area contributed by atoms with Gasteiger partial charge in [-0.1, -0.05) is 54.6 Å². The summed E-state index contributed by atoms with van der Waals surface area (Å²) < 4.78 is 0. The molecule has 4 nitrogen and oxygen atoms in total. The molecule has 0 aliphatic rings. The van der Waals surface area contributed by atoms with Crippen molar-refractivity contribution in [2.75, 3.05) is 5.73 Å². The molecule has 23 heavy (non-hydrogen) atoms. The zero-order valence-corrected chi connectivity index (χ0v) is 12.9. The Morgan fingerprint density at radius 1 is 0.913 bits per heavy atom. The van der Waals surface area contributed by atoms with Gasteiger partial charge in [-0.15, -0.1) is 11.3 Å². The Morgan fingerprint density at radius 2 is 1.57 bits per heavy atom. The van der Waals surface area contributed by atoms with Crippen LogP contribution in [0.1, 0.15) is 0 Å². The summed E-state index contributed by atoms with van der Waals surface area (Å²) in [6.07, 6.45) is 0. The quantitative estimate of drug-likeness (QED) is 0.588. The lowest BCUT2D eigenvalue weighted by atomic mass is 10.0. The minimum Gasteiger partial charge on any atom is -0.369 e. The van der Waals surface area contributed by atoms with Crippen molar-refractivity contribution in [2.24, 2.45) is 0 Å². The largest absolute Gasteiger partial charge is 0.369 e. The standard InChI is InChI=1S/C18H13N3OS/c19-18-20-16(22)15-14(10-23-17(15)21-18)13-8-6-12(7-9-13)11-4-2-1-3-5-11/h1-10H,(H3,19,20,21,22). The van der Waals surface area contributed by atoms with Gasteiger partial charge in [-0.25, -0.2) is 4.98 Å². The highest BCUT2D eigenvalue weighted by molar-refractivity contribution is 7.17. The molecule has 0 aliphatic carbocycles. The van der Waals surface area contributed by atoms with Crippen molar-refractivity contribution >= 4 is 27.5 Å². The molecule has 2 heterocycles. The SMILES string of the molecule is Nc1nc2scc(-c3ccc(-c4ccccc4)cc3)c2c(=O)[nH]1. The second-order valence-electron chi connectivity index (χ2n) is 5.22. The van der Waals surface area contributed by atoms with Crippen molar-refractivity contribution in [3.05, 3.63) is 70.3 Å². The summed E-state index contributed by atoms with van der Waals surface area (Å²) in [5, 5.41) is 2.54. The maximum Gasteiger partial charge on any atom is 0.261 e.